The van der Waals surface area contributed by atoms with Gasteiger partial charge in [-0.05, 0) is 24.6 Å². The Hall–Kier alpha value is -2.86. The van der Waals surface area contributed by atoms with E-state index in [1.54, 1.807) is 25.1 Å². The Bertz CT molecular complexity index is 975. The minimum absolute atomic E-state index is 0.0802. The lowest BCUT2D eigenvalue weighted by Gasteiger charge is -2.06. The summed E-state index contributed by atoms with van der Waals surface area (Å²) in [7, 11) is 0. The first-order valence-corrected chi connectivity index (χ1v) is 7.49. The van der Waals surface area contributed by atoms with Crippen molar-refractivity contribution in [3.63, 3.8) is 0 Å². The van der Waals surface area contributed by atoms with Crippen LogP contribution in [0.3, 0.4) is 0 Å². The summed E-state index contributed by atoms with van der Waals surface area (Å²) in [5.74, 6) is -0.826. The molecule has 0 aliphatic carbocycles. The molecule has 0 bridgehead atoms. The highest BCUT2D eigenvalue weighted by molar-refractivity contribution is 6.33. The lowest BCUT2D eigenvalue weighted by Crippen LogP contribution is -2.27. The number of halogens is 1. The summed E-state index contributed by atoms with van der Waals surface area (Å²) in [4.78, 5) is 23.5. The van der Waals surface area contributed by atoms with E-state index in [1.165, 1.54) is 10.8 Å². The molecule has 0 radical (unpaired) electrons. The Balaban J connectivity index is 1.94. The van der Waals surface area contributed by atoms with Gasteiger partial charge in [-0.3, -0.25) is 4.79 Å². The quantitative estimate of drug-likeness (QED) is 0.785. The Morgan fingerprint density at radius 1 is 1.33 bits per heavy atom. The van der Waals surface area contributed by atoms with E-state index in [0.717, 1.165) is 5.56 Å². The number of aromatic carboxylic acids is 1. The molecule has 7 heteroatoms. The molecule has 0 amide bonds. The molecule has 0 spiro atoms. The number of carboxylic acid groups (broad SMARTS) is 1. The molecule has 3 aromatic rings. The highest BCUT2D eigenvalue weighted by atomic mass is 35.5. The molecule has 3 rings (SSSR count). The van der Waals surface area contributed by atoms with Gasteiger partial charge < -0.3 is 14.2 Å². The molecule has 6 nitrogen and oxygen atoms in total. The maximum atomic E-state index is 12.3. The highest BCUT2D eigenvalue weighted by Crippen LogP contribution is 2.27. The number of nitrogens with zero attached hydrogens (tertiary/aromatic N) is 2. The third-order valence-electron chi connectivity index (χ3n) is 3.62. The fourth-order valence-corrected chi connectivity index (χ4v) is 2.63. The molecule has 122 valence electrons. The Morgan fingerprint density at radius 2 is 2.08 bits per heavy atom. The van der Waals surface area contributed by atoms with Gasteiger partial charge in [-0.25, -0.2) is 4.79 Å². The van der Waals surface area contributed by atoms with Crippen LogP contribution in [0.25, 0.3) is 11.3 Å². The first-order valence-electron chi connectivity index (χ1n) is 7.11. The van der Waals surface area contributed by atoms with Gasteiger partial charge in [0.05, 0.1) is 11.6 Å². The van der Waals surface area contributed by atoms with Gasteiger partial charge in [0.1, 0.15) is 11.3 Å². The zero-order valence-corrected chi connectivity index (χ0v) is 13.4. The second kappa shape index (κ2) is 6.33. The number of benzene rings is 1. The van der Waals surface area contributed by atoms with E-state index < -0.39 is 11.5 Å². The summed E-state index contributed by atoms with van der Waals surface area (Å²) in [6, 6.07) is 10.5. The van der Waals surface area contributed by atoms with Crippen LogP contribution in [-0.2, 0) is 6.54 Å². The zero-order valence-electron chi connectivity index (χ0n) is 12.7. The second-order valence-corrected chi connectivity index (χ2v) is 5.68. The van der Waals surface area contributed by atoms with Crippen molar-refractivity contribution in [2.24, 2.45) is 0 Å². The molecule has 0 saturated heterocycles. The molecule has 0 aliphatic rings. The predicted octanol–water partition coefficient (Wildman–Crippen LogP) is 3.21. The van der Waals surface area contributed by atoms with Crippen molar-refractivity contribution in [3.05, 3.63) is 74.9 Å². The van der Waals surface area contributed by atoms with Crippen molar-refractivity contribution in [1.29, 1.82) is 0 Å². The largest absolute Gasteiger partial charge is 0.477 e. The summed E-state index contributed by atoms with van der Waals surface area (Å²) in [5, 5.41) is 13.7. The zero-order chi connectivity index (χ0) is 17.3. The Kier molecular flexibility index (Phi) is 4.22. The first-order chi connectivity index (χ1) is 11.5. The van der Waals surface area contributed by atoms with E-state index in [9.17, 15) is 9.59 Å². The maximum absolute atomic E-state index is 12.3. The molecule has 0 fully saturated rings. The average Bonchev–Trinajstić information content (AvgIpc) is 2.99. The predicted molar refractivity (Wildman–Crippen MR) is 88.4 cm³/mol. The minimum Gasteiger partial charge on any atom is -0.477 e. The number of pyridine rings is 1. The molecule has 2 aromatic heterocycles. The van der Waals surface area contributed by atoms with Crippen LogP contribution in [0.15, 0.2) is 51.9 Å². The molecular formula is C17H13ClN2O4. The Labute approximate surface area is 141 Å². The number of aromatic nitrogens is 2. The van der Waals surface area contributed by atoms with Gasteiger partial charge in [0, 0.05) is 17.8 Å². The summed E-state index contributed by atoms with van der Waals surface area (Å²) in [6.45, 7) is 1.66. The SMILES string of the molecule is Cc1ccn(Cc2cc(-c3ccccc3Cl)no2)c(=O)c1C(=O)O. The van der Waals surface area contributed by atoms with Crippen molar-refractivity contribution in [2.75, 3.05) is 0 Å². The van der Waals surface area contributed by atoms with Crippen LogP contribution in [0.2, 0.25) is 5.02 Å². The standard InChI is InChI=1S/C17H13ClN2O4/c1-10-6-7-20(16(21)15(10)17(22)23)9-11-8-14(19-24-11)12-4-2-3-5-13(12)18/h2-8H,9H2,1H3,(H,22,23). The van der Waals surface area contributed by atoms with Crippen molar-refractivity contribution in [1.82, 2.24) is 9.72 Å². The van der Waals surface area contributed by atoms with Crippen LogP contribution in [0.1, 0.15) is 21.7 Å². The van der Waals surface area contributed by atoms with Crippen LogP contribution in [-0.4, -0.2) is 20.8 Å². The lowest BCUT2D eigenvalue weighted by molar-refractivity contribution is 0.0693. The summed E-state index contributed by atoms with van der Waals surface area (Å²) in [5.41, 5.74) is 0.852. The highest BCUT2D eigenvalue weighted by Gasteiger charge is 2.16. The van der Waals surface area contributed by atoms with E-state index in [1.807, 2.05) is 18.2 Å². The second-order valence-electron chi connectivity index (χ2n) is 5.27. The number of rotatable bonds is 4. The minimum atomic E-state index is -1.25. The molecule has 2 heterocycles. The molecular weight excluding hydrogens is 332 g/mol. The van der Waals surface area contributed by atoms with E-state index >= 15 is 0 Å². The van der Waals surface area contributed by atoms with E-state index in [0.29, 0.717) is 22.0 Å². The molecule has 1 aromatic carbocycles. The number of hydrogen-bond donors (Lipinski definition) is 1. The van der Waals surface area contributed by atoms with Crippen molar-refractivity contribution < 1.29 is 14.4 Å². The Morgan fingerprint density at radius 3 is 2.79 bits per heavy atom. The molecule has 1 N–H and O–H groups in total. The van der Waals surface area contributed by atoms with Crippen LogP contribution in [0.4, 0.5) is 0 Å². The number of aryl methyl sites for hydroxylation is 1. The molecule has 0 unspecified atom stereocenters. The fourth-order valence-electron chi connectivity index (χ4n) is 2.40. The average molecular weight is 345 g/mol. The first kappa shape index (κ1) is 16.0. The molecule has 0 aliphatic heterocycles. The van der Waals surface area contributed by atoms with Gasteiger partial charge in [-0.15, -0.1) is 0 Å². The van der Waals surface area contributed by atoms with Gasteiger partial charge in [0.2, 0.25) is 0 Å². The maximum Gasteiger partial charge on any atom is 0.341 e. The summed E-state index contributed by atoms with van der Waals surface area (Å²) < 4.78 is 6.52. The lowest BCUT2D eigenvalue weighted by atomic mass is 10.1. The topological polar surface area (TPSA) is 85.3 Å². The van der Waals surface area contributed by atoms with Crippen LogP contribution in [0, 0.1) is 6.92 Å². The van der Waals surface area contributed by atoms with Crippen LogP contribution in [0.5, 0.6) is 0 Å². The van der Waals surface area contributed by atoms with E-state index in [4.69, 9.17) is 21.2 Å². The smallest absolute Gasteiger partial charge is 0.341 e. The third-order valence-corrected chi connectivity index (χ3v) is 3.95. The van der Waals surface area contributed by atoms with Crippen molar-refractivity contribution in [3.8, 4) is 11.3 Å². The number of hydrogen-bond acceptors (Lipinski definition) is 4. The van der Waals surface area contributed by atoms with Gasteiger partial charge in [0.25, 0.3) is 5.56 Å². The van der Waals surface area contributed by atoms with Gasteiger partial charge >= 0.3 is 5.97 Å². The normalized spacial score (nSPS) is 10.8. The van der Waals surface area contributed by atoms with Gasteiger partial charge in [0.15, 0.2) is 5.76 Å². The van der Waals surface area contributed by atoms with Crippen LogP contribution >= 0.6 is 11.6 Å². The molecule has 24 heavy (non-hydrogen) atoms. The van der Waals surface area contributed by atoms with Crippen LogP contribution < -0.4 is 5.56 Å². The van der Waals surface area contributed by atoms with Crippen molar-refractivity contribution >= 4 is 17.6 Å². The van der Waals surface area contributed by atoms with Crippen molar-refractivity contribution in [2.45, 2.75) is 13.5 Å². The third kappa shape index (κ3) is 2.96. The summed E-state index contributed by atoms with van der Waals surface area (Å²) >= 11 is 6.12. The number of carboxylic acids is 1. The monoisotopic (exact) mass is 344 g/mol. The van der Waals surface area contributed by atoms with E-state index in [2.05, 4.69) is 5.16 Å². The summed E-state index contributed by atoms with van der Waals surface area (Å²) in [6.07, 6.45) is 1.53. The fraction of sp³-hybridized carbons (Fsp3) is 0.118. The molecule has 0 atom stereocenters. The van der Waals surface area contributed by atoms with E-state index in [-0.39, 0.29) is 12.1 Å². The van der Waals surface area contributed by atoms with Gasteiger partial charge in [-0.2, -0.15) is 0 Å². The molecule has 0 saturated carbocycles. The number of carbonyl (C=O) groups is 1. The van der Waals surface area contributed by atoms with Gasteiger partial charge in [-0.1, -0.05) is 35.0 Å².